The van der Waals surface area contributed by atoms with Gasteiger partial charge in [-0.25, -0.2) is 0 Å². The van der Waals surface area contributed by atoms with Crippen molar-refractivity contribution < 1.29 is 19.6 Å². The van der Waals surface area contributed by atoms with Gasteiger partial charge in [0, 0.05) is 24.2 Å². The highest BCUT2D eigenvalue weighted by Crippen LogP contribution is 2.16. The van der Waals surface area contributed by atoms with Gasteiger partial charge in [0.1, 0.15) is 0 Å². The molecule has 1 amide bonds. The van der Waals surface area contributed by atoms with E-state index in [0.29, 0.717) is 11.1 Å². The van der Waals surface area contributed by atoms with Crippen LogP contribution in [0, 0.1) is 17.0 Å². The fraction of sp³-hybridized carbons (Fsp3) is 0.273. The summed E-state index contributed by atoms with van der Waals surface area (Å²) in [7, 11) is 0. The zero-order valence-corrected chi connectivity index (χ0v) is 9.67. The Bertz CT molecular complexity index is 498. The molecule has 1 aromatic rings. The number of aryl methyl sites for hydroxylation is 1. The summed E-state index contributed by atoms with van der Waals surface area (Å²) in [5.74, 6) is -1.45. The Morgan fingerprint density at radius 1 is 1.44 bits per heavy atom. The van der Waals surface area contributed by atoms with Crippen LogP contribution in [-0.4, -0.2) is 28.5 Å². The first-order valence-corrected chi connectivity index (χ1v) is 5.17. The summed E-state index contributed by atoms with van der Waals surface area (Å²) in [5.41, 5.74) is 0.678. The van der Waals surface area contributed by atoms with Gasteiger partial charge in [0.15, 0.2) is 0 Å². The van der Waals surface area contributed by atoms with E-state index in [9.17, 15) is 19.7 Å². The number of nitrogens with zero attached hydrogens (tertiary/aromatic N) is 1. The number of carbonyl (C=O) groups excluding carboxylic acids is 1. The molecule has 96 valence electrons. The minimum Gasteiger partial charge on any atom is -0.481 e. The number of rotatable bonds is 5. The third kappa shape index (κ3) is 3.55. The van der Waals surface area contributed by atoms with E-state index >= 15 is 0 Å². The molecule has 0 spiro atoms. The first-order valence-electron chi connectivity index (χ1n) is 5.17. The summed E-state index contributed by atoms with van der Waals surface area (Å²) >= 11 is 0. The molecule has 0 radical (unpaired) electrons. The van der Waals surface area contributed by atoms with Gasteiger partial charge >= 0.3 is 5.97 Å². The van der Waals surface area contributed by atoms with Gasteiger partial charge in [-0.1, -0.05) is 0 Å². The summed E-state index contributed by atoms with van der Waals surface area (Å²) in [6.07, 6.45) is -0.169. The Hall–Kier alpha value is -2.44. The van der Waals surface area contributed by atoms with E-state index in [1.165, 1.54) is 18.2 Å². The van der Waals surface area contributed by atoms with Crippen molar-refractivity contribution in [2.24, 2.45) is 0 Å². The molecule has 0 atom stereocenters. The number of carboxylic acids is 1. The van der Waals surface area contributed by atoms with Crippen molar-refractivity contribution in [2.45, 2.75) is 13.3 Å². The highest BCUT2D eigenvalue weighted by molar-refractivity contribution is 5.96. The molecular weight excluding hydrogens is 240 g/mol. The number of nitrogens with one attached hydrogen (secondary N) is 1. The van der Waals surface area contributed by atoms with Crippen LogP contribution in [0.25, 0.3) is 0 Å². The molecule has 0 aliphatic rings. The predicted octanol–water partition coefficient (Wildman–Crippen LogP) is 1.11. The molecule has 1 aromatic carbocycles. The topological polar surface area (TPSA) is 110 Å². The average Bonchev–Trinajstić information content (AvgIpc) is 2.27. The molecule has 0 aliphatic carbocycles. The lowest BCUT2D eigenvalue weighted by atomic mass is 10.1. The molecule has 1 rings (SSSR count). The fourth-order valence-corrected chi connectivity index (χ4v) is 1.39. The fourth-order valence-electron chi connectivity index (χ4n) is 1.39. The number of aliphatic carboxylic acids is 1. The van der Waals surface area contributed by atoms with Crippen LogP contribution in [0.4, 0.5) is 5.69 Å². The van der Waals surface area contributed by atoms with Crippen LogP contribution in [0.5, 0.6) is 0 Å². The van der Waals surface area contributed by atoms with E-state index in [1.54, 1.807) is 6.92 Å². The molecule has 0 heterocycles. The molecule has 0 saturated carbocycles. The Morgan fingerprint density at radius 3 is 2.61 bits per heavy atom. The van der Waals surface area contributed by atoms with Gasteiger partial charge in [-0.05, 0) is 18.6 Å². The van der Waals surface area contributed by atoms with E-state index in [1.807, 2.05) is 0 Å². The number of amides is 1. The second-order valence-corrected chi connectivity index (χ2v) is 3.66. The summed E-state index contributed by atoms with van der Waals surface area (Å²) in [5, 5.41) is 21.4. The van der Waals surface area contributed by atoms with Gasteiger partial charge in [-0.3, -0.25) is 19.7 Å². The Kier molecular flexibility index (Phi) is 4.36. The van der Waals surface area contributed by atoms with Crippen molar-refractivity contribution in [1.29, 1.82) is 0 Å². The molecule has 2 N–H and O–H groups in total. The molecule has 7 nitrogen and oxygen atoms in total. The van der Waals surface area contributed by atoms with Crippen LogP contribution in [0.3, 0.4) is 0 Å². The van der Waals surface area contributed by atoms with Crippen molar-refractivity contribution in [2.75, 3.05) is 6.54 Å². The number of nitro groups is 1. The van der Waals surface area contributed by atoms with Crippen molar-refractivity contribution in [3.63, 3.8) is 0 Å². The number of carboxylic acid groups (broad SMARTS) is 1. The molecule has 18 heavy (non-hydrogen) atoms. The molecule has 0 fully saturated rings. The number of non-ortho nitro benzene ring substituents is 1. The number of benzene rings is 1. The van der Waals surface area contributed by atoms with Gasteiger partial charge in [0.25, 0.3) is 11.6 Å². The second kappa shape index (κ2) is 5.76. The third-order valence-corrected chi connectivity index (χ3v) is 2.29. The monoisotopic (exact) mass is 252 g/mol. The van der Waals surface area contributed by atoms with Gasteiger partial charge in [-0.15, -0.1) is 0 Å². The maximum atomic E-state index is 11.7. The molecule has 0 aromatic heterocycles. The summed E-state index contributed by atoms with van der Waals surface area (Å²) < 4.78 is 0. The normalized spacial score (nSPS) is 9.83. The predicted molar refractivity (Wildman–Crippen MR) is 62.4 cm³/mol. The van der Waals surface area contributed by atoms with Crippen molar-refractivity contribution >= 4 is 17.6 Å². The van der Waals surface area contributed by atoms with Gasteiger partial charge < -0.3 is 10.4 Å². The zero-order valence-electron chi connectivity index (χ0n) is 9.67. The van der Waals surface area contributed by atoms with Crippen LogP contribution in [0.15, 0.2) is 18.2 Å². The Balaban J connectivity index is 2.74. The second-order valence-electron chi connectivity index (χ2n) is 3.66. The number of hydrogen-bond donors (Lipinski definition) is 2. The smallest absolute Gasteiger partial charge is 0.305 e. The van der Waals surface area contributed by atoms with E-state index in [4.69, 9.17) is 5.11 Å². The van der Waals surface area contributed by atoms with Crippen molar-refractivity contribution in [1.82, 2.24) is 5.32 Å². The van der Waals surface area contributed by atoms with Gasteiger partial charge in [0.2, 0.25) is 0 Å². The largest absolute Gasteiger partial charge is 0.481 e. The molecule has 7 heteroatoms. The standard InChI is InChI=1S/C11H12N2O5/c1-7-6-8(13(17)18)2-3-9(7)11(16)12-5-4-10(14)15/h2-3,6H,4-5H2,1H3,(H,12,16)(H,14,15). The molecule has 0 aliphatic heterocycles. The molecule has 0 unspecified atom stereocenters. The maximum absolute atomic E-state index is 11.7. The lowest BCUT2D eigenvalue weighted by Gasteiger charge is -2.06. The van der Waals surface area contributed by atoms with Crippen molar-refractivity contribution in [3.05, 3.63) is 39.4 Å². The summed E-state index contributed by atoms with van der Waals surface area (Å²) in [6, 6.07) is 3.88. The number of nitro benzene ring substituents is 1. The maximum Gasteiger partial charge on any atom is 0.305 e. The van der Waals surface area contributed by atoms with Crippen LogP contribution in [0.2, 0.25) is 0 Å². The van der Waals surface area contributed by atoms with Crippen LogP contribution >= 0.6 is 0 Å². The Labute approximate surface area is 103 Å². The quantitative estimate of drug-likeness (QED) is 0.602. The number of carbonyl (C=O) groups is 2. The van der Waals surface area contributed by atoms with E-state index in [2.05, 4.69) is 5.32 Å². The first kappa shape index (κ1) is 13.6. The highest BCUT2D eigenvalue weighted by atomic mass is 16.6. The molecule has 0 saturated heterocycles. The molecular formula is C11H12N2O5. The number of hydrogen-bond acceptors (Lipinski definition) is 4. The van der Waals surface area contributed by atoms with Crippen LogP contribution in [0.1, 0.15) is 22.3 Å². The first-order chi connectivity index (χ1) is 8.41. The molecule has 0 bridgehead atoms. The lowest BCUT2D eigenvalue weighted by molar-refractivity contribution is -0.384. The lowest BCUT2D eigenvalue weighted by Crippen LogP contribution is -2.26. The SMILES string of the molecule is Cc1cc([N+](=O)[O-])ccc1C(=O)NCCC(=O)O. The van der Waals surface area contributed by atoms with Crippen molar-refractivity contribution in [3.8, 4) is 0 Å². The third-order valence-electron chi connectivity index (χ3n) is 2.29. The van der Waals surface area contributed by atoms with Crippen LogP contribution in [-0.2, 0) is 4.79 Å². The van der Waals surface area contributed by atoms with Gasteiger partial charge in [-0.2, -0.15) is 0 Å². The zero-order chi connectivity index (χ0) is 13.7. The van der Waals surface area contributed by atoms with E-state index in [-0.39, 0.29) is 18.7 Å². The van der Waals surface area contributed by atoms with Gasteiger partial charge in [0.05, 0.1) is 11.3 Å². The highest BCUT2D eigenvalue weighted by Gasteiger charge is 2.13. The average molecular weight is 252 g/mol. The van der Waals surface area contributed by atoms with E-state index in [0.717, 1.165) is 0 Å². The minimum absolute atomic E-state index is 0.0184. The minimum atomic E-state index is -1.00. The summed E-state index contributed by atoms with van der Waals surface area (Å²) in [6.45, 7) is 1.60. The van der Waals surface area contributed by atoms with Crippen LogP contribution < -0.4 is 5.32 Å². The Morgan fingerprint density at radius 2 is 2.11 bits per heavy atom. The van der Waals surface area contributed by atoms with E-state index < -0.39 is 16.8 Å². The summed E-state index contributed by atoms with van der Waals surface area (Å²) in [4.78, 5) is 31.9.